The number of aliphatic hydroxyl groups excluding tert-OH is 1. The summed E-state index contributed by atoms with van der Waals surface area (Å²) in [4.78, 5) is 0. The zero-order valence-corrected chi connectivity index (χ0v) is 11.4. The molecule has 3 unspecified atom stereocenters. The number of nitrogens with one attached hydrogen (secondary N) is 1. The predicted octanol–water partition coefficient (Wildman–Crippen LogP) is 2.03. The van der Waals surface area contributed by atoms with Crippen LogP contribution in [0.4, 0.5) is 0 Å². The average Bonchev–Trinajstić information content (AvgIpc) is 2.16. The summed E-state index contributed by atoms with van der Waals surface area (Å²) in [6, 6.07) is 0.315. The van der Waals surface area contributed by atoms with Crippen LogP contribution in [0.3, 0.4) is 0 Å². The van der Waals surface area contributed by atoms with Crippen molar-refractivity contribution >= 4 is 0 Å². The molecule has 0 aromatic carbocycles. The molecule has 3 nitrogen and oxygen atoms in total. The lowest BCUT2D eigenvalue weighted by molar-refractivity contribution is 0.159. The second-order valence-corrected chi connectivity index (χ2v) is 5.35. The molecule has 0 saturated heterocycles. The van der Waals surface area contributed by atoms with E-state index in [1.54, 1.807) is 0 Å². The Morgan fingerprint density at radius 3 is 2.38 bits per heavy atom. The van der Waals surface area contributed by atoms with Gasteiger partial charge in [0.05, 0.1) is 6.10 Å². The molecule has 0 fully saturated rings. The third kappa shape index (κ3) is 7.20. The Hall–Kier alpha value is -0.120. The molecule has 0 amide bonds. The van der Waals surface area contributed by atoms with E-state index < -0.39 is 0 Å². The van der Waals surface area contributed by atoms with Crippen molar-refractivity contribution in [3.05, 3.63) is 0 Å². The monoisotopic (exact) mass is 230 g/mol. The maximum Gasteiger partial charge on any atom is 0.0526 e. The van der Waals surface area contributed by atoms with Gasteiger partial charge in [0.1, 0.15) is 0 Å². The molecule has 0 aliphatic rings. The average molecular weight is 230 g/mol. The van der Waals surface area contributed by atoms with Crippen LogP contribution in [0.5, 0.6) is 0 Å². The lowest BCUT2D eigenvalue weighted by atomic mass is 9.93. The van der Waals surface area contributed by atoms with Gasteiger partial charge in [0.2, 0.25) is 0 Å². The molecule has 98 valence electrons. The topological polar surface area (TPSA) is 58.3 Å². The molecule has 0 saturated carbocycles. The zero-order valence-electron chi connectivity index (χ0n) is 11.4. The highest BCUT2D eigenvalue weighted by Gasteiger charge is 2.23. The maximum absolute atomic E-state index is 9.34. The normalized spacial score (nSPS) is 19.1. The summed E-state index contributed by atoms with van der Waals surface area (Å²) in [7, 11) is 0. The van der Waals surface area contributed by atoms with E-state index in [1.807, 2.05) is 6.92 Å². The Labute approximate surface area is 101 Å². The quantitative estimate of drug-likeness (QED) is 0.531. The van der Waals surface area contributed by atoms with Gasteiger partial charge in [0, 0.05) is 18.1 Å². The standard InChI is InChI=1S/C13H30N2O/c1-5-6-7-8-13(4,10-14)15-11(2)9-12(3)16/h11-12,15-16H,5-10,14H2,1-4H3. The van der Waals surface area contributed by atoms with Crippen molar-refractivity contribution in [2.45, 2.75) is 77.5 Å². The summed E-state index contributed by atoms with van der Waals surface area (Å²) in [5.41, 5.74) is 5.86. The Balaban J connectivity index is 4.03. The first-order valence-electron chi connectivity index (χ1n) is 6.59. The third-order valence-electron chi connectivity index (χ3n) is 3.07. The van der Waals surface area contributed by atoms with E-state index in [9.17, 15) is 5.11 Å². The van der Waals surface area contributed by atoms with Crippen LogP contribution in [0.25, 0.3) is 0 Å². The van der Waals surface area contributed by atoms with Gasteiger partial charge in [-0.15, -0.1) is 0 Å². The van der Waals surface area contributed by atoms with E-state index in [-0.39, 0.29) is 11.6 Å². The van der Waals surface area contributed by atoms with E-state index in [2.05, 4.69) is 26.1 Å². The van der Waals surface area contributed by atoms with Crippen molar-refractivity contribution in [1.82, 2.24) is 5.32 Å². The molecule has 0 rings (SSSR count). The van der Waals surface area contributed by atoms with Gasteiger partial charge in [-0.1, -0.05) is 26.2 Å². The number of hydrogen-bond acceptors (Lipinski definition) is 3. The van der Waals surface area contributed by atoms with Crippen LogP contribution in [-0.4, -0.2) is 29.3 Å². The SMILES string of the molecule is CCCCCC(C)(CN)NC(C)CC(C)O. The number of nitrogens with two attached hydrogens (primary N) is 1. The van der Waals surface area contributed by atoms with Crippen molar-refractivity contribution < 1.29 is 5.11 Å². The van der Waals surface area contributed by atoms with E-state index in [0.29, 0.717) is 12.6 Å². The van der Waals surface area contributed by atoms with Crippen LogP contribution in [0.15, 0.2) is 0 Å². The van der Waals surface area contributed by atoms with Crippen molar-refractivity contribution in [2.75, 3.05) is 6.54 Å². The highest BCUT2D eigenvalue weighted by Crippen LogP contribution is 2.15. The third-order valence-corrected chi connectivity index (χ3v) is 3.07. The second-order valence-electron chi connectivity index (χ2n) is 5.35. The van der Waals surface area contributed by atoms with E-state index in [1.165, 1.54) is 19.3 Å². The molecular weight excluding hydrogens is 200 g/mol. The molecular formula is C13H30N2O. The molecule has 3 atom stereocenters. The summed E-state index contributed by atoms with van der Waals surface area (Å²) in [6.07, 6.45) is 5.37. The minimum atomic E-state index is -0.250. The van der Waals surface area contributed by atoms with E-state index in [0.717, 1.165) is 12.8 Å². The van der Waals surface area contributed by atoms with Crippen molar-refractivity contribution in [3.8, 4) is 0 Å². The van der Waals surface area contributed by atoms with Gasteiger partial charge in [-0.05, 0) is 33.6 Å². The van der Waals surface area contributed by atoms with Crippen LogP contribution in [0.1, 0.15) is 59.8 Å². The molecule has 0 aromatic rings. The van der Waals surface area contributed by atoms with Gasteiger partial charge >= 0.3 is 0 Å². The minimum absolute atomic E-state index is 0.0173. The summed E-state index contributed by atoms with van der Waals surface area (Å²) in [6.45, 7) is 8.99. The molecule has 0 radical (unpaired) electrons. The lowest BCUT2D eigenvalue weighted by Gasteiger charge is -2.33. The van der Waals surface area contributed by atoms with Crippen molar-refractivity contribution in [2.24, 2.45) is 5.73 Å². The summed E-state index contributed by atoms with van der Waals surface area (Å²) in [5, 5.41) is 12.9. The number of hydrogen-bond donors (Lipinski definition) is 3. The summed E-state index contributed by atoms with van der Waals surface area (Å²) < 4.78 is 0. The van der Waals surface area contributed by atoms with Crippen LogP contribution >= 0.6 is 0 Å². The number of unbranched alkanes of at least 4 members (excludes halogenated alkanes) is 2. The molecule has 0 heterocycles. The highest BCUT2D eigenvalue weighted by atomic mass is 16.3. The predicted molar refractivity (Wildman–Crippen MR) is 70.5 cm³/mol. The fraction of sp³-hybridized carbons (Fsp3) is 1.00. The number of aliphatic hydroxyl groups is 1. The van der Waals surface area contributed by atoms with Gasteiger partial charge in [0.15, 0.2) is 0 Å². The van der Waals surface area contributed by atoms with Crippen LogP contribution in [0, 0.1) is 0 Å². The Bertz CT molecular complexity index is 173. The van der Waals surface area contributed by atoms with E-state index >= 15 is 0 Å². The molecule has 0 aromatic heterocycles. The molecule has 3 heteroatoms. The fourth-order valence-electron chi connectivity index (χ4n) is 2.16. The molecule has 0 spiro atoms. The van der Waals surface area contributed by atoms with Crippen molar-refractivity contribution in [3.63, 3.8) is 0 Å². The van der Waals surface area contributed by atoms with E-state index in [4.69, 9.17) is 5.73 Å². The van der Waals surface area contributed by atoms with Gasteiger partial charge in [-0.2, -0.15) is 0 Å². The first-order valence-corrected chi connectivity index (χ1v) is 6.59. The largest absolute Gasteiger partial charge is 0.393 e. The molecule has 0 bridgehead atoms. The fourth-order valence-corrected chi connectivity index (χ4v) is 2.16. The van der Waals surface area contributed by atoms with Crippen LogP contribution < -0.4 is 11.1 Å². The van der Waals surface area contributed by atoms with Crippen molar-refractivity contribution in [1.29, 1.82) is 0 Å². The smallest absolute Gasteiger partial charge is 0.0526 e. The van der Waals surface area contributed by atoms with Crippen LogP contribution in [0.2, 0.25) is 0 Å². The van der Waals surface area contributed by atoms with Gasteiger partial charge in [-0.25, -0.2) is 0 Å². The Morgan fingerprint density at radius 2 is 1.94 bits per heavy atom. The number of rotatable bonds is 9. The zero-order chi connectivity index (χ0) is 12.6. The first-order chi connectivity index (χ1) is 7.43. The van der Waals surface area contributed by atoms with Gasteiger partial charge in [-0.3, -0.25) is 0 Å². The minimum Gasteiger partial charge on any atom is -0.393 e. The molecule has 0 aliphatic heterocycles. The van der Waals surface area contributed by atoms with Gasteiger partial charge < -0.3 is 16.2 Å². The molecule has 0 aliphatic carbocycles. The maximum atomic E-state index is 9.34. The van der Waals surface area contributed by atoms with Crippen LogP contribution in [-0.2, 0) is 0 Å². The molecule has 16 heavy (non-hydrogen) atoms. The molecule has 4 N–H and O–H groups in total. The van der Waals surface area contributed by atoms with Gasteiger partial charge in [0.25, 0.3) is 0 Å². The summed E-state index contributed by atoms with van der Waals surface area (Å²) in [5.74, 6) is 0. The second kappa shape index (κ2) is 8.04. The highest BCUT2D eigenvalue weighted by molar-refractivity contribution is 4.86. The first kappa shape index (κ1) is 15.9. The summed E-state index contributed by atoms with van der Waals surface area (Å²) >= 11 is 0. The lowest BCUT2D eigenvalue weighted by Crippen LogP contribution is -2.52. The Kier molecular flexibility index (Phi) is 7.98. The Morgan fingerprint density at radius 1 is 1.31 bits per heavy atom.